The van der Waals surface area contributed by atoms with E-state index in [1.165, 1.54) is 0 Å². The molecule has 1 heterocycles. The van der Waals surface area contributed by atoms with E-state index in [9.17, 15) is 5.11 Å². The van der Waals surface area contributed by atoms with E-state index < -0.39 is 6.10 Å². The van der Waals surface area contributed by atoms with Crippen molar-refractivity contribution in [1.29, 1.82) is 0 Å². The molecular weight excluding hydrogens is 268 g/mol. The van der Waals surface area contributed by atoms with E-state index in [0.29, 0.717) is 0 Å². The number of rotatable bonds is 3. The molecule has 1 aromatic heterocycles. The minimum atomic E-state index is -0.494. The average Bonchev–Trinajstić information content (AvgIpc) is 2.48. The van der Waals surface area contributed by atoms with E-state index in [4.69, 9.17) is 0 Å². The van der Waals surface area contributed by atoms with Crippen LogP contribution in [0.4, 0.5) is 0 Å². The van der Waals surface area contributed by atoms with Crippen molar-refractivity contribution in [3.63, 3.8) is 0 Å². The summed E-state index contributed by atoms with van der Waals surface area (Å²) in [7, 11) is 0. The number of aliphatic hydroxyl groups is 1. The van der Waals surface area contributed by atoms with Gasteiger partial charge in [0.25, 0.3) is 0 Å². The molecule has 100 valence electrons. The second-order valence-electron chi connectivity index (χ2n) is 4.51. The Morgan fingerprint density at radius 3 is 2.60 bits per heavy atom. The van der Waals surface area contributed by atoms with Crippen LogP contribution in [0.15, 0.2) is 64.8 Å². The fraction of sp³-hybridized carbons (Fsp3) is 0.125. The highest BCUT2D eigenvalue weighted by molar-refractivity contribution is 7.99. The van der Waals surface area contributed by atoms with Gasteiger partial charge in [-0.1, -0.05) is 48.2 Å². The molecule has 1 N–H and O–H groups in total. The number of fused-ring (bicyclic) bond motifs is 1. The van der Waals surface area contributed by atoms with Gasteiger partial charge in [0.15, 0.2) is 0 Å². The van der Waals surface area contributed by atoms with Gasteiger partial charge in [-0.05, 0) is 24.6 Å². The van der Waals surface area contributed by atoms with Crippen molar-refractivity contribution in [2.75, 3.05) is 0 Å². The molecule has 20 heavy (non-hydrogen) atoms. The number of hydrogen-bond donors (Lipinski definition) is 1. The third-order valence-corrected chi connectivity index (χ3v) is 4.19. The molecule has 0 spiro atoms. The molecule has 4 heteroatoms. The van der Waals surface area contributed by atoms with Gasteiger partial charge >= 0.3 is 0 Å². The molecular formula is C16H14N2OS. The van der Waals surface area contributed by atoms with Gasteiger partial charge < -0.3 is 5.11 Å². The Balaban J connectivity index is 2.06. The summed E-state index contributed by atoms with van der Waals surface area (Å²) in [5.41, 5.74) is 1.85. The molecule has 0 radical (unpaired) electrons. The maximum Gasteiger partial charge on any atom is 0.117 e. The van der Waals surface area contributed by atoms with Crippen molar-refractivity contribution in [2.24, 2.45) is 0 Å². The summed E-state index contributed by atoms with van der Waals surface area (Å²) in [5.74, 6) is 0. The highest BCUT2D eigenvalue weighted by Crippen LogP contribution is 2.35. The summed E-state index contributed by atoms with van der Waals surface area (Å²) in [4.78, 5) is 9.66. The fourth-order valence-corrected chi connectivity index (χ4v) is 3.18. The maximum absolute atomic E-state index is 9.85. The maximum atomic E-state index is 9.85. The first-order valence-corrected chi connectivity index (χ1v) is 7.22. The third kappa shape index (κ3) is 2.53. The number of aliphatic hydroxyl groups excluding tert-OH is 1. The molecule has 2 aromatic carbocycles. The lowest BCUT2D eigenvalue weighted by Crippen LogP contribution is -1.94. The minimum absolute atomic E-state index is 0.494. The summed E-state index contributed by atoms with van der Waals surface area (Å²) >= 11 is 1.56. The molecule has 1 atom stereocenters. The number of hydrogen-bond acceptors (Lipinski definition) is 4. The van der Waals surface area contributed by atoms with Gasteiger partial charge in [0.05, 0.1) is 11.6 Å². The van der Waals surface area contributed by atoms with Crippen LogP contribution < -0.4 is 0 Å². The molecule has 0 saturated heterocycles. The molecule has 0 amide bonds. The lowest BCUT2D eigenvalue weighted by Gasteiger charge is -2.11. The third-order valence-electron chi connectivity index (χ3n) is 3.08. The van der Waals surface area contributed by atoms with Gasteiger partial charge in [-0.3, -0.25) is 0 Å². The molecule has 0 saturated carbocycles. The van der Waals surface area contributed by atoms with Crippen LogP contribution in [0.2, 0.25) is 0 Å². The zero-order valence-electron chi connectivity index (χ0n) is 11.0. The summed E-state index contributed by atoms with van der Waals surface area (Å²) in [6.07, 6.45) is 1.09. The molecule has 3 aromatic rings. The zero-order chi connectivity index (χ0) is 13.9. The Kier molecular flexibility index (Phi) is 3.67. The second-order valence-corrected chi connectivity index (χ2v) is 5.54. The number of para-hydroxylation sites is 1. The van der Waals surface area contributed by atoms with Crippen molar-refractivity contribution < 1.29 is 5.11 Å². The Bertz CT molecular complexity index is 738. The van der Waals surface area contributed by atoms with E-state index in [-0.39, 0.29) is 0 Å². The van der Waals surface area contributed by atoms with E-state index in [2.05, 4.69) is 9.97 Å². The highest BCUT2D eigenvalue weighted by Gasteiger charge is 2.11. The van der Waals surface area contributed by atoms with Crippen molar-refractivity contribution in [1.82, 2.24) is 9.97 Å². The van der Waals surface area contributed by atoms with Gasteiger partial charge in [0, 0.05) is 10.3 Å². The normalized spacial score (nSPS) is 12.5. The average molecular weight is 282 g/mol. The summed E-state index contributed by atoms with van der Waals surface area (Å²) in [6.45, 7) is 1.78. The van der Waals surface area contributed by atoms with Crippen LogP contribution in [0.25, 0.3) is 10.9 Å². The molecule has 0 bridgehead atoms. The summed E-state index contributed by atoms with van der Waals surface area (Å²) < 4.78 is 0. The lowest BCUT2D eigenvalue weighted by atomic mass is 10.1. The Labute approximate surface area is 121 Å². The van der Waals surface area contributed by atoms with Gasteiger partial charge in [-0.2, -0.15) is 0 Å². The molecule has 3 rings (SSSR count). The van der Waals surface area contributed by atoms with E-state index >= 15 is 0 Å². The van der Waals surface area contributed by atoms with Crippen LogP contribution in [0.1, 0.15) is 18.6 Å². The standard InChI is InChI=1S/C16H14N2OS/c1-11(19)12-6-3-5-9-15(12)20-16-13-7-2-4-8-14(13)17-10-18-16/h2-11,19H,1H3/t11-/m0/s1. The number of aromatic nitrogens is 2. The first-order chi connectivity index (χ1) is 9.75. The Morgan fingerprint density at radius 1 is 1.00 bits per heavy atom. The SMILES string of the molecule is C[C@H](O)c1ccccc1Sc1ncnc2ccccc12. The molecule has 3 nitrogen and oxygen atoms in total. The second kappa shape index (κ2) is 5.61. The molecule has 0 aliphatic rings. The van der Waals surface area contributed by atoms with Crippen molar-refractivity contribution in [3.05, 3.63) is 60.4 Å². The van der Waals surface area contributed by atoms with Crippen molar-refractivity contribution in [2.45, 2.75) is 22.9 Å². The largest absolute Gasteiger partial charge is 0.389 e. The zero-order valence-corrected chi connectivity index (χ0v) is 11.8. The van der Waals surface area contributed by atoms with Gasteiger partial charge in [0.2, 0.25) is 0 Å². The van der Waals surface area contributed by atoms with Crippen LogP contribution in [0.5, 0.6) is 0 Å². The van der Waals surface area contributed by atoms with Gasteiger partial charge in [-0.15, -0.1) is 0 Å². The topological polar surface area (TPSA) is 46.0 Å². The Hall–Kier alpha value is -1.91. The van der Waals surface area contributed by atoms with Gasteiger partial charge in [0.1, 0.15) is 11.4 Å². The summed E-state index contributed by atoms with van der Waals surface area (Å²) in [5, 5.41) is 11.8. The minimum Gasteiger partial charge on any atom is -0.389 e. The van der Waals surface area contributed by atoms with E-state index in [0.717, 1.165) is 26.4 Å². The smallest absolute Gasteiger partial charge is 0.117 e. The number of benzene rings is 2. The monoisotopic (exact) mass is 282 g/mol. The number of nitrogens with zero attached hydrogens (tertiary/aromatic N) is 2. The predicted octanol–water partition coefficient (Wildman–Crippen LogP) is 3.83. The lowest BCUT2D eigenvalue weighted by molar-refractivity contribution is 0.196. The molecule has 0 aliphatic heterocycles. The van der Waals surface area contributed by atoms with Crippen LogP contribution in [0, 0.1) is 0 Å². The van der Waals surface area contributed by atoms with Crippen LogP contribution in [-0.4, -0.2) is 15.1 Å². The first-order valence-electron chi connectivity index (χ1n) is 6.40. The predicted molar refractivity (Wildman–Crippen MR) is 80.7 cm³/mol. The molecule has 0 unspecified atom stereocenters. The van der Waals surface area contributed by atoms with Crippen molar-refractivity contribution in [3.8, 4) is 0 Å². The quantitative estimate of drug-likeness (QED) is 0.741. The van der Waals surface area contributed by atoms with Crippen LogP contribution >= 0.6 is 11.8 Å². The van der Waals surface area contributed by atoms with Crippen LogP contribution in [-0.2, 0) is 0 Å². The van der Waals surface area contributed by atoms with E-state index in [1.54, 1.807) is 25.0 Å². The Morgan fingerprint density at radius 2 is 1.75 bits per heavy atom. The van der Waals surface area contributed by atoms with Crippen molar-refractivity contribution >= 4 is 22.7 Å². The van der Waals surface area contributed by atoms with Crippen LogP contribution in [0.3, 0.4) is 0 Å². The fourth-order valence-electron chi connectivity index (χ4n) is 2.08. The molecule has 0 aliphatic carbocycles. The molecule has 0 fully saturated rings. The summed E-state index contributed by atoms with van der Waals surface area (Å²) in [6, 6.07) is 15.8. The van der Waals surface area contributed by atoms with Gasteiger partial charge in [-0.25, -0.2) is 9.97 Å². The first kappa shape index (κ1) is 13.1. The highest BCUT2D eigenvalue weighted by atomic mass is 32.2. The van der Waals surface area contributed by atoms with E-state index in [1.807, 2.05) is 48.5 Å².